The minimum absolute atomic E-state index is 0.164. The van der Waals surface area contributed by atoms with Crippen molar-refractivity contribution < 1.29 is 29.7 Å². The van der Waals surface area contributed by atoms with Crippen LogP contribution in [-0.4, -0.2) is 80.8 Å². The molecule has 2 heterocycles. The van der Waals surface area contributed by atoms with Crippen LogP contribution in [0.3, 0.4) is 0 Å². The maximum Gasteiger partial charge on any atom is 0.326 e. The molecule has 2 rings (SSSR count). The summed E-state index contributed by atoms with van der Waals surface area (Å²) in [6.45, 7) is 1.16. The number of rotatable bonds is 6. The van der Waals surface area contributed by atoms with Gasteiger partial charge in [-0.2, -0.15) is 0 Å². The number of carbonyl (C=O) groups is 3. The predicted molar refractivity (Wildman–Crippen MR) is 70.6 cm³/mol. The largest absolute Gasteiger partial charge is 0.480 e. The van der Waals surface area contributed by atoms with E-state index in [1.54, 1.807) is 4.90 Å². The van der Waals surface area contributed by atoms with E-state index in [0.29, 0.717) is 19.5 Å². The van der Waals surface area contributed by atoms with Crippen molar-refractivity contribution in [2.24, 2.45) is 0 Å². The molecule has 0 aliphatic carbocycles. The lowest BCUT2D eigenvalue weighted by molar-refractivity contribution is -0.150. The third-order valence-electron chi connectivity index (χ3n) is 4.21. The van der Waals surface area contributed by atoms with Crippen molar-refractivity contribution >= 4 is 17.8 Å². The number of carboxylic acid groups (broad SMARTS) is 2. The summed E-state index contributed by atoms with van der Waals surface area (Å²) in [5, 5.41) is 27.8. The first kappa shape index (κ1) is 15.7. The van der Waals surface area contributed by atoms with Crippen molar-refractivity contribution in [3.63, 3.8) is 0 Å². The minimum Gasteiger partial charge on any atom is -0.480 e. The number of likely N-dealkylation sites (tertiary alicyclic amines) is 2. The first-order chi connectivity index (χ1) is 9.91. The van der Waals surface area contributed by atoms with Crippen molar-refractivity contribution in [1.82, 2.24) is 9.80 Å². The molecule has 2 aliphatic heterocycles. The van der Waals surface area contributed by atoms with Crippen LogP contribution in [0.15, 0.2) is 0 Å². The quantitative estimate of drug-likeness (QED) is 0.574. The van der Waals surface area contributed by atoms with Crippen molar-refractivity contribution in [2.75, 3.05) is 19.6 Å². The average Bonchev–Trinajstić information content (AvgIpc) is 3.00. The van der Waals surface area contributed by atoms with E-state index in [4.69, 9.17) is 5.11 Å². The molecule has 0 aromatic carbocycles. The number of aliphatic hydroxyl groups excluding tert-OH is 1. The Kier molecular flexibility index (Phi) is 4.79. The number of hydrogen-bond acceptors (Lipinski definition) is 5. The smallest absolute Gasteiger partial charge is 0.326 e. The van der Waals surface area contributed by atoms with Gasteiger partial charge in [0.1, 0.15) is 18.2 Å². The highest BCUT2D eigenvalue weighted by molar-refractivity contribution is 5.87. The Morgan fingerprint density at radius 1 is 1.24 bits per heavy atom. The monoisotopic (exact) mass is 300 g/mol. The van der Waals surface area contributed by atoms with Gasteiger partial charge in [-0.3, -0.25) is 14.5 Å². The van der Waals surface area contributed by atoms with E-state index in [-0.39, 0.29) is 19.4 Å². The number of aliphatic hydroxyl groups is 1. The molecule has 2 aliphatic rings. The van der Waals surface area contributed by atoms with Crippen molar-refractivity contribution in [1.29, 1.82) is 0 Å². The van der Waals surface area contributed by atoms with Crippen LogP contribution in [0.25, 0.3) is 0 Å². The minimum atomic E-state index is -1.12. The van der Waals surface area contributed by atoms with Gasteiger partial charge in [0, 0.05) is 13.1 Å². The number of nitrogens with zero attached hydrogens (tertiary/aromatic N) is 2. The maximum absolute atomic E-state index is 11.7. The molecule has 0 spiro atoms. The van der Waals surface area contributed by atoms with Crippen LogP contribution in [-0.2, 0) is 14.4 Å². The summed E-state index contributed by atoms with van der Waals surface area (Å²) in [4.78, 5) is 37.1. The van der Waals surface area contributed by atoms with Crippen LogP contribution in [0.5, 0.6) is 0 Å². The Morgan fingerprint density at radius 3 is 2.48 bits per heavy atom. The number of carboxylic acids is 2. The van der Waals surface area contributed by atoms with Gasteiger partial charge in [0.25, 0.3) is 5.91 Å². The van der Waals surface area contributed by atoms with Gasteiger partial charge in [0.2, 0.25) is 0 Å². The summed E-state index contributed by atoms with van der Waals surface area (Å²) in [7, 11) is 0. The Labute approximate surface area is 121 Å². The summed E-state index contributed by atoms with van der Waals surface area (Å²) in [6, 6.07) is -1.58. The van der Waals surface area contributed by atoms with E-state index in [0.717, 1.165) is 6.42 Å². The zero-order valence-corrected chi connectivity index (χ0v) is 11.6. The van der Waals surface area contributed by atoms with E-state index in [1.807, 2.05) is 0 Å². The molecule has 3 atom stereocenters. The molecule has 0 aromatic heterocycles. The molecule has 21 heavy (non-hydrogen) atoms. The fraction of sp³-hybridized carbons (Fsp3) is 0.769. The molecule has 118 valence electrons. The van der Waals surface area contributed by atoms with Gasteiger partial charge < -0.3 is 20.2 Å². The molecule has 8 nitrogen and oxygen atoms in total. The Morgan fingerprint density at radius 2 is 1.95 bits per heavy atom. The Bertz CT molecular complexity index is 440. The molecule has 0 bridgehead atoms. The number of hydrogen-bond donors (Lipinski definition) is 3. The second-order valence-electron chi connectivity index (χ2n) is 5.51. The second-order valence-corrected chi connectivity index (χ2v) is 5.51. The summed E-state index contributed by atoms with van der Waals surface area (Å²) < 4.78 is 0. The van der Waals surface area contributed by atoms with Crippen LogP contribution < -0.4 is 0 Å². The fourth-order valence-electron chi connectivity index (χ4n) is 3.07. The van der Waals surface area contributed by atoms with E-state index >= 15 is 0 Å². The molecular weight excluding hydrogens is 280 g/mol. The highest BCUT2D eigenvalue weighted by Gasteiger charge is 2.39. The SMILES string of the molecule is O=C(O)C1CCCN1CCC(C(=O)O)N1CCC(O)C1=O. The molecular formula is C13H20N2O6. The van der Waals surface area contributed by atoms with E-state index in [2.05, 4.69) is 0 Å². The molecule has 0 aromatic rings. The van der Waals surface area contributed by atoms with Gasteiger partial charge in [-0.1, -0.05) is 0 Å². The van der Waals surface area contributed by atoms with Crippen molar-refractivity contribution in [2.45, 2.75) is 43.9 Å². The zero-order chi connectivity index (χ0) is 15.6. The summed E-state index contributed by atoms with van der Waals surface area (Å²) in [6.07, 6.45) is 0.622. The van der Waals surface area contributed by atoms with E-state index in [1.165, 1.54) is 4.90 Å². The molecule has 3 N–H and O–H groups in total. The highest BCUT2D eigenvalue weighted by Crippen LogP contribution is 2.21. The van der Waals surface area contributed by atoms with Crippen LogP contribution in [0.4, 0.5) is 0 Å². The topological polar surface area (TPSA) is 118 Å². The lowest BCUT2D eigenvalue weighted by atomic mass is 10.1. The second kappa shape index (κ2) is 6.40. The first-order valence-corrected chi connectivity index (χ1v) is 7.10. The van der Waals surface area contributed by atoms with E-state index < -0.39 is 36.0 Å². The summed E-state index contributed by atoms with van der Waals surface area (Å²) in [5.74, 6) is -2.57. The van der Waals surface area contributed by atoms with Gasteiger partial charge in [-0.25, -0.2) is 4.79 Å². The number of amides is 1. The van der Waals surface area contributed by atoms with Crippen LogP contribution in [0.2, 0.25) is 0 Å². The van der Waals surface area contributed by atoms with Gasteiger partial charge in [-0.15, -0.1) is 0 Å². The Hall–Kier alpha value is -1.67. The zero-order valence-electron chi connectivity index (χ0n) is 11.6. The van der Waals surface area contributed by atoms with Crippen molar-refractivity contribution in [3.8, 4) is 0 Å². The number of carbonyl (C=O) groups excluding carboxylic acids is 1. The normalized spacial score (nSPS) is 28.0. The standard InChI is InChI=1S/C13H20N2O6/c16-10-4-7-15(11(10)17)9(13(20)21)3-6-14-5-1-2-8(14)12(18)19/h8-10,16H,1-7H2,(H,18,19)(H,20,21). The third-order valence-corrected chi connectivity index (χ3v) is 4.21. The molecule has 0 saturated carbocycles. The molecule has 0 radical (unpaired) electrons. The van der Waals surface area contributed by atoms with Gasteiger partial charge in [0.05, 0.1) is 0 Å². The molecule has 2 fully saturated rings. The average molecular weight is 300 g/mol. The molecule has 3 unspecified atom stereocenters. The Balaban J connectivity index is 1.96. The number of aliphatic carboxylic acids is 2. The predicted octanol–water partition coefficient (Wildman–Crippen LogP) is -1.03. The summed E-state index contributed by atoms with van der Waals surface area (Å²) >= 11 is 0. The lowest BCUT2D eigenvalue weighted by Crippen LogP contribution is -2.46. The van der Waals surface area contributed by atoms with Crippen LogP contribution in [0.1, 0.15) is 25.7 Å². The molecule has 1 amide bonds. The third kappa shape index (κ3) is 3.33. The fourth-order valence-corrected chi connectivity index (χ4v) is 3.07. The van der Waals surface area contributed by atoms with Crippen LogP contribution >= 0.6 is 0 Å². The first-order valence-electron chi connectivity index (χ1n) is 7.10. The maximum atomic E-state index is 11.7. The highest BCUT2D eigenvalue weighted by atomic mass is 16.4. The van der Waals surface area contributed by atoms with Crippen LogP contribution in [0, 0.1) is 0 Å². The molecule has 8 heteroatoms. The lowest BCUT2D eigenvalue weighted by Gasteiger charge is -2.27. The van der Waals surface area contributed by atoms with Crippen molar-refractivity contribution in [3.05, 3.63) is 0 Å². The van der Waals surface area contributed by atoms with E-state index in [9.17, 15) is 24.6 Å². The van der Waals surface area contributed by atoms with Gasteiger partial charge in [0.15, 0.2) is 0 Å². The van der Waals surface area contributed by atoms with Gasteiger partial charge in [-0.05, 0) is 32.2 Å². The summed E-state index contributed by atoms with van der Waals surface area (Å²) in [5.41, 5.74) is 0. The van der Waals surface area contributed by atoms with Gasteiger partial charge >= 0.3 is 11.9 Å². The molecule has 2 saturated heterocycles.